The smallest absolute Gasteiger partial charge is 0.327 e. The third kappa shape index (κ3) is 3.22. The number of nitrogens with zero attached hydrogens (tertiary/aromatic N) is 1. The van der Waals surface area contributed by atoms with Gasteiger partial charge in [0.15, 0.2) is 0 Å². The molecule has 8 heteroatoms. The summed E-state index contributed by atoms with van der Waals surface area (Å²) in [5.41, 5.74) is -0.862. The average molecular weight is 426 g/mol. The van der Waals surface area contributed by atoms with Crippen LogP contribution in [0, 0.1) is 11.8 Å². The Bertz CT molecular complexity index is 970. The Hall–Kier alpha value is -3.13. The van der Waals surface area contributed by atoms with Gasteiger partial charge in [0.2, 0.25) is 11.8 Å². The van der Waals surface area contributed by atoms with Gasteiger partial charge in [0.25, 0.3) is 0 Å². The zero-order chi connectivity index (χ0) is 22.2. The van der Waals surface area contributed by atoms with Crippen LogP contribution in [0.3, 0.4) is 0 Å². The highest BCUT2D eigenvalue weighted by molar-refractivity contribution is 6.24. The maximum atomic E-state index is 13.7. The Morgan fingerprint density at radius 1 is 1.16 bits per heavy atom. The highest BCUT2D eigenvalue weighted by Crippen LogP contribution is 2.51. The van der Waals surface area contributed by atoms with Crippen LogP contribution in [0.5, 0.6) is 5.75 Å². The molecule has 1 aromatic carbocycles. The number of furan rings is 1. The van der Waals surface area contributed by atoms with E-state index in [1.54, 1.807) is 50.4 Å². The van der Waals surface area contributed by atoms with Gasteiger partial charge in [-0.1, -0.05) is 13.3 Å². The number of nitrogens with one attached hydrogen (secondary N) is 1. The molecular weight excluding hydrogens is 400 g/mol. The number of hydrogen-bond acceptors (Lipinski definition) is 7. The molecule has 4 rings (SSSR count). The third-order valence-corrected chi connectivity index (χ3v) is 6.12. The van der Waals surface area contributed by atoms with Gasteiger partial charge in [-0.3, -0.25) is 19.7 Å². The number of rotatable bonds is 7. The van der Waals surface area contributed by atoms with Crippen LogP contribution >= 0.6 is 0 Å². The monoisotopic (exact) mass is 426 g/mol. The average Bonchev–Trinajstić information content (AvgIpc) is 3.46. The van der Waals surface area contributed by atoms with Crippen molar-refractivity contribution in [1.29, 1.82) is 0 Å². The number of benzene rings is 1. The SMILES string of the molecule is CCCC1(C(=O)OCC)NC(c2ccco2)C2C(=O)N(c3ccc(OC)cc3)C(=O)C21. The number of fused-ring (bicyclic) bond motifs is 1. The predicted octanol–water partition coefficient (Wildman–Crippen LogP) is 2.84. The summed E-state index contributed by atoms with van der Waals surface area (Å²) >= 11 is 0. The van der Waals surface area contributed by atoms with E-state index in [0.29, 0.717) is 30.0 Å². The van der Waals surface area contributed by atoms with Gasteiger partial charge >= 0.3 is 5.97 Å². The Morgan fingerprint density at radius 2 is 1.90 bits per heavy atom. The van der Waals surface area contributed by atoms with Crippen molar-refractivity contribution >= 4 is 23.5 Å². The Kier molecular flexibility index (Phi) is 5.58. The van der Waals surface area contributed by atoms with Crippen molar-refractivity contribution < 1.29 is 28.3 Å². The summed E-state index contributed by atoms with van der Waals surface area (Å²) in [6.45, 7) is 3.83. The van der Waals surface area contributed by atoms with Crippen LogP contribution in [-0.4, -0.2) is 37.0 Å². The molecule has 2 saturated heterocycles. The van der Waals surface area contributed by atoms with Crippen LogP contribution in [0.25, 0.3) is 0 Å². The van der Waals surface area contributed by atoms with Crippen LogP contribution in [0.4, 0.5) is 5.69 Å². The second-order valence-corrected chi connectivity index (χ2v) is 7.79. The molecule has 31 heavy (non-hydrogen) atoms. The standard InChI is InChI=1S/C23H26N2O6/c1-4-12-23(22(28)30-5-2)18-17(19(24-23)16-7-6-13-31-16)20(26)25(21(18)27)14-8-10-15(29-3)11-9-14/h6-11,13,17-19,24H,4-5,12H2,1-3H3. The van der Waals surface area contributed by atoms with Crippen molar-refractivity contribution in [1.82, 2.24) is 5.32 Å². The van der Waals surface area contributed by atoms with Crippen LogP contribution in [0.15, 0.2) is 47.1 Å². The normalized spacial score (nSPS) is 27.5. The molecule has 1 aromatic heterocycles. The second kappa shape index (κ2) is 8.19. The highest BCUT2D eigenvalue weighted by atomic mass is 16.5. The van der Waals surface area contributed by atoms with E-state index < -0.39 is 35.3 Å². The van der Waals surface area contributed by atoms with Gasteiger partial charge in [-0.25, -0.2) is 4.90 Å². The molecular formula is C23H26N2O6. The molecule has 2 aliphatic heterocycles. The van der Waals surface area contributed by atoms with Crippen molar-refractivity contribution in [3.8, 4) is 5.75 Å². The van der Waals surface area contributed by atoms with Crippen LogP contribution in [-0.2, 0) is 19.1 Å². The topological polar surface area (TPSA) is 98.1 Å². The fourth-order valence-corrected chi connectivity index (χ4v) is 4.87. The summed E-state index contributed by atoms with van der Waals surface area (Å²) < 4.78 is 16.1. The maximum absolute atomic E-state index is 13.7. The van der Waals surface area contributed by atoms with Gasteiger partial charge in [-0.05, 0) is 49.7 Å². The first kappa shape index (κ1) is 21.1. The number of hydrogen-bond donors (Lipinski definition) is 1. The fourth-order valence-electron chi connectivity index (χ4n) is 4.87. The molecule has 0 spiro atoms. The molecule has 2 aliphatic rings. The number of imide groups is 1. The summed E-state index contributed by atoms with van der Waals surface area (Å²) in [6.07, 6.45) is 2.50. The summed E-state index contributed by atoms with van der Waals surface area (Å²) in [6, 6.07) is 9.56. The van der Waals surface area contributed by atoms with Crippen molar-refractivity contribution in [3.05, 3.63) is 48.4 Å². The zero-order valence-electron chi connectivity index (χ0n) is 17.8. The predicted molar refractivity (Wildman–Crippen MR) is 111 cm³/mol. The van der Waals surface area contributed by atoms with E-state index in [2.05, 4.69) is 5.32 Å². The van der Waals surface area contributed by atoms with Gasteiger partial charge < -0.3 is 13.9 Å². The van der Waals surface area contributed by atoms with Gasteiger partial charge in [0.05, 0.1) is 43.5 Å². The lowest BCUT2D eigenvalue weighted by molar-refractivity contribution is -0.155. The lowest BCUT2D eigenvalue weighted by Crippen LogP contribution is -2.56. The molecule has 2 aromatic rings. The number of ether oxygens (including phenoxy) is 2. The molecule has 0 radical (unpaired) electrons. The number of methoxy groups -OCH3 is 1. The molecule has 2 amide bonds. The molecule has 1 N–H and O–H groups in total. The van der Waals surface area contributed by atoms with Gasteiger partial charge in [-0.2, -0.15) is 0 Å². The first-order valence-corrected chi connectivity index (χ1v) is 10.5. The van der Waals surface area contributed by atoms with E-state index in [9.17, 15) is 14.4 Å². The minimum Gasteiger partial charge on any atom is -0.497 e. The molecule has 0 aliphatic carbocycles. The molecule has 8 nitrogen and oxygen atoms in total. The third-order valence-electron chi connectivity index (χ3n) is 6.12. The van der Waals surface area contributed by atoms with Crippen molar-refractivity contribution in [2.24, 2.45) is 11.8 Å². The zero-order valence-corrected chi connectivity index (χ0v) is 17.8. The number of amides is 2. The highest BCUT2D eigenvalue weighted by Gasteiger charge is 2.69. The molecule has 2 fully saturated rings. The molecule has 164 valence electrons. The summed E-state index contributed by atoms with van der Waals surface area (Å²) in [7, 11) is 1.55. The summed E-state index contributed by atoms with van der Waals surface area (Å²) in [5.74, 6) is -1.84. The molecule has 0 saturated carbocycles. The molecule has 4 atom stereocenters. The van der Waals surface area contributed by atoms with Gasteiger partial charge in [0, 0.05) is 0 Å². The van der Waals surface area contributed by atoms with Crippen molar-refractivity contribution in [3.63, 3.8) is 0 Å². The fraction of sp³-hybridized carbons (Fsp3) is 0.435. The number of carbonyl (C=O) groups excluding carboxylic acids is 3. The molecule has 4 unspecified atom stereocenters. The number of anilines is 1. The van der Waals surface area contributed by atoms with E-state index in [0.717, 1.165) is 0 Å². The van der Waals surface area contributed by atoms with Crippen LogP contribution in [0.1, 0.15) is 38.5 Å². The second-order valence-electron chi connectivity index (χ2n) is 7.79. The van der Waals surface area contributed by atoms with Gasteiger partial charge in [-0.15, -0.1) is 0 Å². The molecule has 0 bridgehead atoms. The van der Waals surface area contributed by atoms with Gasteiger partial charge in [0.1, 0.15) is 17.0 Å². The Balaban J connectivity index is 1.81. The number of esters is 1. The Morgan fingerprint density at radius 3 is 2.48 bits per heavy atom. The van der Waals surface area contributed by atoms with Crippen molar-refractivity contribution in [2.45, 2.75) is 38.3 Å². The van der Waals surface area contributed by atoms with E-state index in [1.165, 1.54) is 11.2 Å². The van der Waals surface area contributed by atoms with Crippen LogP contribution < -0.4 is 15.0 Å². The molecule has 3 heterocycles. The quantitative estimate of drug-likeness (QED) is 0.537. The first-order valence-electron chi connectivity index (χ1n) is 10.5. The minimum absolute atomic E-state index is 0.180. The lowest BCUT2D eigenvalue weighted by Gasteiger charge is -2.32. The van der Waals surface area contributed by atoms with E-state index in [4.69, 9.17) is 13.9 Å². The van der Waals surface area contributed by atoms with Crippen molar-refractivity contribution in [2.75, 3.05) is 18.6 Å². The van der Waals surface area contributed by atoms with Crippen LogP contribution in [0.2, 0.25) is 0 Å². The number of carbonyl (C=O) groups is 3. The summed E-state index contributed by atoms with van der Waals surface area (Å²) in [5, 5.41) is 3.29. The first-order chi connectivity index (χ1) is 15.0. The largest absolute Gasteiger partial charge is 0.497 e. The minimum atomic E-state index is -1.30. The maximum Gasteiger partial charge on any atom is 0.327 e. The Labute approximate surface area is 180 Å². The van der Waals surface area contributed by atoms with E-state index in [1.807, 2.05) is 6.92 Å². The van der Waals surface area contributed by atoms with E-state index in [-0.39, 0.29) is 12.5 Å². The lowest BCUT2D eigenvalue weighted by atomic mass is 9.77. The summed E-state index contributed by atoms with van der Waals surface area (Å²) in [4.78, 5) is 41.6. The van der Waals surface area contributed by atoms with E-state index >= 15 is 0 Å².